The molecule has 0 saturated heterocycles. The molecule has 0 spiro atoms. The molecule has 2 atom stereocenters. The quantitative estimate of drug-likeness (QED) is 0.532. The Morgan fingerprint density at radius 1 is 1.75 bits per heavy atom. The first-order valence-corrected chi connectivity index (χ1v) is 3.12. The summed E-state index contributed by atoms with van der Waals surface area (Å²) in [7, 11) is 0. The Balaban J connectivity index is 2.17. The van der Waals surface area contributed by atoms with Crippen LogP contribution in [0.5, 0.6) is 0 Å². The molecular weight excluding hydrogens is 100 g/mol. The molecule has 0 aromatic rings. The SMILES string of the molecule is CC=CC1CC1CO. The van der Waals surface area contributed by atoms with Crippen molar-refractivity contribution < 1.29 is 5.11 Å². The van der Waals surface area contributed by atoms with Crippen molar-refractivity contribution in [2.24, 2.45) is 11.8 Å². The van der Waals surface area contributed by atoms with Crippen LogP contribution in [0.1, 0.15) is 13.3 Å². The Morgan fingerprint density at radius 2 is 2.50 bits per heavy atom. The standard InChI is InChI=1S/C7H12O/c1-2-3-6-4-7(6)5-8/h2-3,6-8H,4-5H2,1H3. The number of hydrogen-bond donors (Lipinski definition) is 1. The summed E-state index contributed by atoms with van der Waals surface area (Å²) in [6.45, 7) is 2.39. The van der Waals surface area contributed by atoms with Crippen LogP contribution in [-0.4, -0.2) is 11.7 Å². The third kappa shape index (κ3) is 1.10. The Hall–Kier alpha value is -0.300. The maximum absolute atomic E-state index is 8.57. The van der Waals surface area contributed by atoms with Gasteiger partial charge in [-0.1, -0.05) is 12.2 Å². The molecule has 46 valence electrons. The zero-order chi connectivity index (χ0) is 5.98. The lowest BCUT2D eigenvalue weighted by atomic mass is 10.3. The minimum Gasteiger partial charge on any atom is -0.396 e. The van der Waals surface area contributed by atoms with Crippen molar-refractivity contribution in [2.75, 3.05) is 6.61 Å². The van der Waals surface area contributed by atoms with Gasteiger partial charge < -0.3 is 5.11 Å². The molecule has 0 amide bonds. The lowest BCUT2D eigenvalue weighted by Crippen LogP contribution is -1.84. The molecule has 1 rings (SSSR count). The summed E-state index contributed by atoms with van der Waals surface area (Å²) in [6, 6.07) is 0. The third-order valence-corrected chi connectivity index (χ3v) is 1.65. The summed E-state index contributed by atoms with van der Waals surface area (Å²) >= 11 is 0. The third-order valence-electron chi connectivity index (χ3n) is 1.65. The van der Waals surface area contributed by atoms with Crippen LogP contribution in [0.2, 0.25) is 0 Å². The van der Waals surface area contributed by atoms with Crippen molar-refractivity contribution in [2.45, 2.75) is 13.3 Å². The van der Waals surface area contributed by atoms with E-state index in [4.69, 9.17) is 5.11 Å². The van der Waals surface area contributed by atoms with Gasteiger partial charge in [-0.3, -0.25) is 0 Å². The molecule has 2 unspecified atom stereocenters. The molecule has 0 aromatic carbocycles. The monoisotopic (exact) mass is 112 g/mol. The van der Waals surface area contributed by atoms with Gasteiger partial charge in [-0.05, 0) is 25.2 Å². The Bertz CT molecular complexity index is 96.6. The first-order valence-electron chi connectivity index (χ1n) is 3.12. The maximum Gasteiger partial charge on any atom is 0.0465 e. The molecule has 1 aliphatic carbocycles. The highest BCUT2D eigenvalue weighted by molar-refractivity contribution is 5.00. The van der Waals surface area contributed by atoms with Gasteiger partial charge in [-0.15, -0.1) is 0 Å². The molecule has 1 aliphatic rings. The second-order valence-corrected chi connectivity index (χ2v) is 2.37. The largest absolute Gasteiger partial charge is 0.396 e. The highest BCUT2D eigenvalue weighted by atomic mass is 16.3. The molecule has 1 fully saturated rings. The smallest absolute Gasteiger partial charge is 0.0465 e. The second kappa shape index (κ2) is 2.31. The van der Waals surface area contributed by atoms with Crippen LogP contribution in [0, 0.1) is 11.8 Å². The Labute approximate surface area is 50.0 Å². The zero-order valence-electron chi connectivity index (χ0n) is 5.17. The fraction of sp³-hybridized carbons (Fsp3) is 0.714. The molecule has 1 heteroatoms. The summed E-state index contributed by atoms with van der Waals surface area (Å²) in [5.41, 5.74) is 0. The van der Waals surface area contributed by atoms with E-state index in [2.05, 4.69) is 12.2 Å². The summed E-state index contributed by atoms with van der Waals surface area (Å²) in [5, 5.41) is 8.57. The van der Waals surface area contributed by atoms with Gasteiger partial charge >= 0.3 is 0 Å². The van der Waals surface area contributed by atoms with E-state index in [1.807, 2.05) is 6.92 Å². The number of allylic oxidation sites excluding steroid dienone is 2. The van der Waals surface area contributed by atoms with Crippen LogP contribution in [0.4, 0.5) is 0 Å². The Kier molecular flexibility index (Phi) is 1.69. The van der Waals surface area contributed by atoms with Crippen LogP contribution >= 0.6 is 0 Å². The summed E-state index contributed by atoms with van der Waals surface area (Å²) in [4.78, 5) is 0. The van der Waals surface area contributed by atoms with Gasteiger partial charge in [0.15, 0.2) is 0 Å². The molecule has 1 nitrogen and oxygen atoms in total. The van der Waals surface area contributed by atoms with E-state index in [1.165, 1.54) is 6.42 Å². The Morgan fingerprint density at radius 3 is 2.88 bits per heavy atom. The van der Waals surface area contributed by atoms with E-state index in [9.17, 15) is 0 Å². The normalized spacial score (nSPS) is 36.2. The highest BCUT2D eigenvalue weighted by Crippen LogP contribution is 2.38. The van der Waals surface area contributed by atoms with Crippen molar-refractivity contribution in [1.29, 1.82) is 0 Å². The topological polar surface area (TPSA) is 20.2 Å². The molecule has 0 radical (unpaired) electrons. The van der Waals surface area contributed by atoms with Crippen molar-refractivity contribution in [3.8, 4) is 0 Å². The van der Waals surface area contributed by atoms with Crippen LogP contribution < -0.4 is 0 Å². The van der Waals surface area contributed by atoms with Crippen LogP contribution in [0.25, 0.3) is 0 Å². The molecule has 0 aromatic heterocycles. The highest BCUT2D eigenvalue weighted by Gasteiger charge is 2.33. The maximum atomic E-state index is 8.57. The number of rotatable bonds is 2. The average Bonchev–Trinajstić information content (AvgIpc) is 2.48. The van der Waals surface area contributed by atoms with Crippen LogP contribution in [-0.2, 0) is 0 Å². The molecule has 1 N–H and O–H groups in total. The van der Waals surface area contributed by atoms with Crippen molar-refractivity contribution in [3.63, 3.8) is 0 Å². The fourth-order valence-electron chi connectivity index (χ4n) is 0.964. The lowest BCUT2D eigenvalue weighted by Gasteiger charge is -1.82. The zero-order valence-corrected chi connectivity index (χ0v) is 5.17. The predicted molar refractivity (Wildman–Crippen MR) is 33.5 cm³/mol. The van der Waals surface area contributed by atoms with Crippen LogP contribution in [0.15, 0.2) is 12.2 Å². The number of hydrogen-bond acceptors (Lipinski definition) is 1. The van der Waals surface area contributed by atoms with Gasteiger partial charge in [-0.2, -0.15) is 0 Å². The van der Waals surface area contributed by atoms with Crippen LogP contribution in [0.3, 0.4) is 0 Å². The molecule has 0 heterocycles. The van der Waals surface area contributed by atoms with Gasteiger partial charge in [0.05, 0.1) is 0 Å². The summed E-state index contributed by atoms with van der Waals surface area (Å²) in [5.74, 6) is 1.29. The minimum atomic E-state index is 0.370. The fourth-order valence-corrected chi connectivity index (χ4v) is 0.964. The minimum absolute atomic E-state index is 0.370. The predicted octanol–water partition coefficient (Wildman–Crippen LogP) is 1.19. The van der Waals surface area contributed by atoms with E-state index in [0.29, 0.717) is 18.4 Å². The average molecular weight is 112 g/mol. The number of aliphatic hydroxyl groups is 1. The lowest BCUT2D eigenvalue weighted by molar-refractivity contribution is 0.272. The molecular formula is C7H12O. The summed E-state index contributed by atoms with van der Waals surface area (Å²) in [6.07, 6.45) is 5.42. The summed E-state index contributed by atoms with van der Waals surface area (Å²) < 4.78 is 0. The molecule has 8 heavy (non-hydrogen) atoms. The van der Waals surface area contributed by atoms with E-state index >= 15 is 0 Å². The van der Waals surface area contributed by atoms with Gasteiger partial charge in [-0.25, -0.2) is 0 Å². The molecule has 1 saturated carbocycles. The van der Waals surface area contributed by atoms with Gasteiger partial charge in [0.1, 0.15) is 0 Å². The van der Waals surface area contributed by atoms with Crippen molar-refractivity contribution in [1.82, 2.24) is 0 Å². The van der Waals surface area contributed by atoms with E-state index < -0.39 is 0 Å². The first-order chi connectivity index (χ1) is 3.88. The first kappa shape index (κ1) is 5.83. The van der Waals surface area contributed by atoms with E-state index in [1.54, 1.807) is 0 Å². The molecule has 0 bridgehead atoms. The van der Waals surface area contributed by atoms with E-state index in [-0.39, 0.29) is 0 Å². The van der Waals surface area contributed by atoms with Crippen molar-refractivity contribution in [3.05, 3.63) is 12.2 Å². The molecule has 0 aliphatic heterocycles. The van der Waals surface area contributed by atoms with Gasteiger partial charge in [0.25, 0.3) is 0 Å². The van der Waals surface area contributed by atoms with Gasteiger partial charge in [0, 0.05) is 6.61 Å². The second-order valence-electron chi connectivity index (χ2n) is 2.37. The van der Waals surface area contributed by atoms with Gasteiger partial charge in [0.2, 0.25) is 0 Å². The van der Waals surface area contributed by atoms with E-state index in [0.717, 1.165) is 0 Å². The van der Waals surface area contributed by atoms with Crippen molar-refractivity contribution >= 4 is 0 Å². The number of aliphatic hydroxyl groups excluding tert-OH is 1.